The molecule has 0 radical (unpaired) electrons. The van der Waals surface area contributed by atoms with Crippen LogP contribution in [0.5, 0.6) is 0 Å². The van der Waals surface area contributed by atoms with Gasteiger partial charge in [-0.1, -0.05) is 18.2 Å². The van der Waals surface area contributed by atoms with Gasteiger partial charge in [0, 0.05) is 10.1 Å². The summed E-state index contributed by atoms with van der Waals surface area (Å²) in [5.41, 5.74) is -0.745. The molecule has 2 aliphatic carbocycles. The maximum atomic E-state index is 12.4. The number of benzene rings is 1. The molecule has 6 heteroatoms. The summed E-state index contributed by atoms with van der Waals surface area (Å²) in [6.07, 6.45) is 2.32. The summed E-state index contributed by atoms with van der Waals surface area (Å²) in [5, 5.41) is 21.4. The third kappa shape index (κ3) is 3.50. The number of nitrogens with one attached hydrogen (secondary N) is 1. The van der Waals surface area contributed by atoms with Gasteiger partial charge in [-0.05, 0) is 37.8 Å². The SMILES string of the molecule is N#CC1(NC(=O)[C@@H]2C[C@@H](Sc3ccccc3)C[C@H]2C(=O)O)CC1. The van der Waals surface area contributed by atoms with Crippen molar-refractivity contribution >= 4 is 23.6 Å². The van der Waals surface area contributed by atoms with Crippen molar-refractivity contribution < 1.29 is 14.7 Å². The highest BCUT2D eigenvalue weighted by Gasteiger charge is 2.49. The number of hydrogen-bond donors (Lipinski definition) is 2. The minimum Gasteiger partial charge on any atom is -0.481 e. The largest absolute Gasteiger partial charge is 0.481 e. The van der Waals surface area contributed by atoms with E-state index in [0.717, 1.165) is 4.90 Å². The van der Waals surface area contributed by atoms with Crippen LogP contribution in [-0.2, 0) is 9.59 Å². The van der Waals surface area contributed by atoms with Crippen LogP contribution in [0.4, 0.5) is 0 Å². The van der Waals surface area contributed by atoms with Gasteiger partial charge in [0.2, 0.25) is 5.91 Å². The van der Waals surface area contributed by atoms with Crippen LogP contribution in [0.25, 0.3) is 0 Å². The van der Waals surface area contributed by atoms with Crippen molar-refractivity contribution in [2.75, 3.05) is 0 Å². The molecule has 3 rings (SSSR count). The van der Waals surface area contributed by atoms with Gasteiger partial charge >= 0.3 is 5.97 Å². The first-order valence-electron chi connectivity index (χ1n) is 7.71. The summed E-state index contributed by atoms with van der Waals surface area (Å²) >= 11 is 1.62. The fourth-order valence-electron chi connectivity index (χ4n) is 3.06. The van der Waals surface area contributed by atoms with E-state index in [0.29, 0.717) is 25.7 Å². The lowest BCUT2D eigenvalue weighted by atomic mass is 9.95. The topological polar surface area (TPSA) is 90.2 Å². The predicted molar refractivity (Wildman–Crippen MR) is 85.7 cm³/mol. The quantitative estimate of drug-likeness (QED) is 0.865. The first-order valence-corrected chi connectivity index (χ1v) is 8.59. The van der Waals surface area contributed by atoms with Gasteiger partial charge in [-0.3, -0.25) is 9.59 Å². The van der Waals surface area contributed by atoms with Crippen LogP contribution < -0.4 is 5.32 Å². The molecule has 1 aromatic rings. The predicted octanol–water partition coefficient (Wildman–Crippen LogP) is 2.43. The summed E-state index contributed by atoms with van der Waals surface area (Å²) in [6.45, 7) is 0. The van der Waals surface area contributed by atoms with E-state index in [1.54, 1.807) is 11.8 Å². The molecule has 5 nitrogen and oxygen atoms in total. The van der Waals surface area contributed by atoms with Gasteiger partial charge in [0.15, 0.2) is 0 Å². The van der Waals surface area contributed by atoms with Gasteiger partial charge in [0.1, 0.15) is 5.54 Å². The molecule has 0 heterocycles. The second-order valence-electron chi connectivity index (χ2n) is 6.26. The first kappa shape index (κ1) is 15.9. The van der Waals surface area contributed by atoms with Crippen LogP contribution in [0.2, 0.25) is 0 Å². The number of nitriles is 1. The van der Waals surface area contributed by atoms with Gasteiger partial charge in [0.25, 0.3) is 0 Å². The normalized spacial score (nSPS) is 27.9. The van der Waals surface area contributed by atoms with Crippen LogP contribution in [0.15, 0.2) is 35.2 Å². The minimum absolute atomic E-state index is 0.103. The number of rotatable bonds is 5. The van der Waals surface area contributed by atoms with E-state index in [-0.39, 0.29) is 11.2 Å². The zero-order valence-corrected chi connectivity index (χ0v) is 13.4. The van der Waals surface area contributed by atoms with Gasteiger partial charge in [-0.25, -0.2) is 0 Å². The molecule has 0 unspecified atom stereocenters. The standard InChI is InChI=1S/C17H18N2O3S/c18-10-17(6-7-17)19-15(20)13-8-12(9-14(13)16(21)22)23-11-4-2-1-3-5-11/h1-5,12-14H,6-9H2,(H,19,20)(H,21,22)/t12-,13-,14-/m1/s1. The van der Waals surface area contributed by atoms with Crippen molar-refractivity contribution in [2.45, 2.75) is 41.4 Å². The summed E-state index contributed by atoms with van der Waals surface area (Å²) in [7, 11) is 0. The Labute approximate surface area is 139 Å². The first-order chi connectivity index (χ1) is 11.0. The van der Waals surface area contributed by atoms with E-state index in [4.69, 9.17) is 5.26 Å². The molecular formula is C17H18N2O3S. The Balaban J connectivity index is 1.68. The number of carboxylic acids is 1. The minimum atomic E-state index is -0.928. The van der Waals surface area contributed by atoms with Gasteiger partial charge in [-0.15, -0.1) is 11.8 Å². The maximum Gasteiger partial charge on any atom is 0.307 e. The van der Waals surface area contributed by atoms with Crippen molar-refractivity contribution in [1.29, 1.82) is 5.26 Å². The van der Waals surface area contributed by atoms with Crippen LogP contribution in [0.3, 0.4) is 0 Å². The molecule has 0 spiro atoms. The van der Waals surface area contributed by atoms with E-state index in [2.05, 4.69) is 11.4 Å². The molecular weight excluding hydrogens is 312 g/mol. The monoisotopic (exact) mass is 330 g/mol. The van der Waals surface area contributed by atoms with Crippen LogP contribution in [-0.4, -0.2) is 27.8 Å². The van der Waals surface area contributed by atoms with Gasteiger partial charge < -0.3 is 10.4 Å². The third-order valence-corrected chi connectivity index (χ3v) is 5.81. The van der Waals surface area contributed by atoms with Crippen LogP contribution in [0, 0.1) is 23.2 Å². The van der Waals surface area contributed by atoms with Gasteiger partial charge in [-0.2, -0.15) is 5.26 Å². The Morgan fingerprint density at radius 1 is 1.22 bits per heavy atom. The third-order valence-electron chi connectivity index (χ3n) is 4.55. The number of hydrogen-bond acceptors (Lipinski definition) is 4. The highest BCUT2D eigenvalue weighted by Crippen LogP contribution is 2.43. The smallest absolute Gasteiger partial charge is 0.307 e. The zero-order chi connectivity index (χ0) is 16.4. The highest BCUT2D eigenvalue weighted by atomic mass is 32.2. The van der Waals surface area contributed by atoms with E-state index in [1.807, 2.05) is 30.3 Å². The summed E-state index contributed by atoms with van der Waals surface area (Å²) in [5.74, 6) is -2.44. The molecule has 3 atom stereocenters. The number of thioether (sulfide) groups is 1. The molecule has 2 fully saturated rings. The number of nitrogens with zero attached hydrogens (tertiary/aromatic N) is 1. The van der Waals surface area contributed by atoms with Crippen molar-refractivity contribution in [3.63, 3.8) is 0 Å². The molecule has 0 saturated heterocycles. The molecule has 23 heavy (non-hydrogen) atoms. The molecule has 0 aliphatic heterocycles. The Kier molecular flexibility index (Phi) is 4.31. The highest BCUT2D eigenvalue weighted by molar-refractivity contribution is 8.00. The molecule has 2 N–H and O–H groups in total. The summed E-state index contributed by atoms with van der Waals surface area (Å²) in [6, 6.07) is 11.9. The number of carbonyl (C=O) groups excluding carboxylic acids is 1. The van der Waals surface area contributed by atoms with Crippen LogP contribution in [0.1, 0.15) is 25.7 Å². The van der Waals surface area contributed by atoms with E-state index >= 15 is 0 Å². The van der Waals surface area contributed by atoms with E-state index in [9.17, 15) is 14.7 Å². The lowest BCUT2D eigenvalue weighted by molar-refractivity contribution is -0.146. The Bertz CT molecular complexity index is 652. The summed E-state index contributed by atoms with van der Waals surface area (Å²) in [4.78, 5) is 25.0. The molecule has 2 saturated carbocycles. The van der Waals surface area contributed by atoms with E-state index in [1.165, 1.54) is 0 Å². The maximum absolute atomic E-state index is 12.4. The zero-order valence-electron chi connectivity index (χ0n) is 12.6. The summed E-state index contributed by atoms with van der Waals surface area (Å²) < 4.78 is 0. The molecule has 1 aromatic carbocycles. The molecule has 1 amide bonds. The van der Waals surface area contributed by atoms with Crippen molar-refractivity contribution in [1.82, 2.24) is 5.32 Å². The Hall–Kier alpha value is -2.00. The molecule has 2 aliphatic rings. The van der Waals surface area contributed by atoms with Crippen molar-refractivity contribution in [3.05, 3.63) is 30.3 Å². The fraction of sp³-hybridized carbons (Fsp3) is 0.471. The Morgan fingerprint density at radius 2 is 1.87 bits per heavy atom. The molecule has 0 aromatic heterocycles. The van der Waals surface area contributed by atoms with E-state index < -0.39 is 23.3 Å². The number of amides is 1. The number of carbonyl (C=O) groups is 2. The van der Waals surface area contributed by atoms with Crippen molar-refractivity contribution in [3.8, 4) is 6.07 Å². The second-order valence-corrected chi connectivity index (χ2v) is 7.63. The number of carboxylic acid groups (broad SMARTS) is 1. The van der Waals surface area contributed by atoms with Crippen molar-refractivity contribution in [2.24, 2.45) is 11.8 Å². The molecule has 120 valence electrons. The fourth-order valence-corrected chi connectivity index (χ4v) is 4.37. The van der Waals surface area contributed by atoms with Crippen LogP contribution >= 0.6 is 11.8 Å². The average Bonchev–Trinajstić information content (AvgIpc) is 3.18. The molecule has 0 bridgehead atoms. The Morgan fingerprint density at radius 3 is 2.43 bits per heavy atom. The second kappa shape index (κ2) is 6.25. The lowest BCUT2D eigenvalue weighted by Crippen LogP contribution is -2.42. The van der Waals surface area contributed by atoms with Gasteiger partial charge in [0.05, 0.1) is 17.9 Å². The number of aliphatic carboxylic acids is 1. The lowest BCUT2D eigenvalue weighted by Gasteiger charge is -2.17. The average molecular weight is 330 g/mol.